The lowest BCUT2D eigenvalue weighted by atomic mass is 9.92. The topological polar surface area (TPSA) is 46.2 Å². The van der Waals surface area contributed by atoms with Gasteiger partial charge in [-0.25, -0.2) is 0 Å². The molecule has 2 aliphatic carbocycles. The summed E-state index contributed by atoms with van der Waals surface area (Å²) in [4.78, 5) is 0. The number of hydrogen-bond donors (Lipinski definition) is 0. The maximum Gasteiger partial charge on any atom is 0.277 e. The van der Waals surface area contributed by atoms with Crippen LogP contribution in [0.2, 0.25) is 0 Å². The van der Waals surface area contributed by atoms with Crippen molar-refractivity contribution < 1.29 is 23.7 Å². The summed E-state index contributed by atoms with van der Waals surface area (Å²) in [5.74, 6) is 2.15. The molecule has 4 fully saturated rings. The third-order valence-electron chi connectivity index (χ3n) is 5.90. The van der Waals surface area contributed by atoms with Crippen LogP contribution in [0.15, 0.2) is 12.0 Å². The molecule has 2 aliphatic heterocycles. The van der Waals surface area contributed by atoms with Gasteiger partial charge in [-0.15, -0.1) is 0 Å². The number of hydrogen-bond acceptors (Lipinski definition) is 5. The van der Waals surface area contributed by atoms with E-state index in [0.717, 1.165) is 51.9 Å². The Morgan fingerprint density at radius 1 is 1.04 bits per heavy atom. The Labute approximate surface area is 138 Å². The molecule has 2 saturated heterocycles. The minimum absolute atomic E-state index is 0.149. The predicted molar refractivity (Wildman–Crippen MR) is 83.3 cm³/mol. The Morgan fingerprint density at radius 2 is 1.91 bits per heavy atom. The molecule has 3 unspecified atom stereocenters. The van der Waals surface area contributed by atoms with Crippen molar-refractivity contribution in [3.05, 3.63) is 12.0 Å². The van der Waals surface area contributed by atoms with Crippen LogP contribution in [0.1, 0.15) is 44.9 Å². The van der Waals surface area contributed by atoms with Crippen molar-refractivity contribution in [3.8, 4) is 0 Å². The third kappa shape index (κ3) is 3.24. The van der Waals surface area contributed by atoms with Gasteiger partial charge in [0.05, 0.1) is 26.9 Å². The molecule has 4 aliphatic rings. The molecule has 0 radical (unpaired) electrons. The molecule has 0 bridgehead atoms. The van der Waals surface area contributed by atoms with Crippen LogP contribution < -0.4 is 0 Å². The van der Waals surface area contributed by atoms with Gasteiger partial charge in [0.2, 0.25) is 6.29 Å². The fourth-order valence-corrected chi connectivity index (χ4v) is 4.80. The number of rotatable bonds is 4. The van der Waals surface area contributed by atoms with Gasteiger partial charge in [-0.2, -0.15) is 0 Å². The number of allylic oxidation sites excluding steroid dienone is 1. The van der Waals surface area contributed by atoms with Gasteiger partial charge in [-0.3, -0.25) is 0 Å². The molecule has 5 nitrogen and oxygen atoms in total. The van der Waals surface area contributed by atoms with E-state index in [1.807, 2.05) is 0 Å². The highest BCUT2D eigenvalue weighted by Gasteiger charge is 2.53. The fraction of sp³-hybridized carbons (Fsp3) is 0.889. The van der Waals surface area contributed by atoms with Crippen LogP contribution in [0.3, 0.4) is 0 Å². The molecule has 23 heavy (non-hydrogen) atoms. The lowest BCUT2D eigenvalue weighted by Crippen LogP contribution is -2.27. The van der Waals surface area contributed by atoms with E-state index < -0.39 is 0 Å². The van der Waals surface area contributed by atoms with Gasteiger partial charge in [0.25, 0.3) is 5.95 Å². The summed E-state index contributed by atoms with van der Waals surface area (Å²) >= 11 is 0. The first-order chi connectivity index (χ1) is 11.3. The predicted octanol–water partition coefficient (Wildman–Crippen LogP) is 3.20. The zero-order valence-corrected chi connectivity index (χ0v) is 14.0. The van der Waals surface area contributed by atoms with Crippen molar-refractivity contribution in [1.29, 1.82) is 0 Å². The van der Waals surface area contributed by atoms with Crippen molar-refractivity contribution in [2.45, 2.75) is 57.0 Å². The summed E-state index contributed by atoms with van der Waals surface area (Å²) in [6.07, 6.45) is 9.77. The van der Waals surface area contributed by atoms with Gasteiger partial charge in [-0.1, -0.05) is 0 Å². The SMILES string of the molecule is COC(=C[C@H]1CCC2CC3(CC21)OCCO3)OC1CCCCO1. The van der Waals surface area contributed by atoms with Gasteiger partial charge in [0.15, 0.2) is 5.79 Å². The zero-order valence-electron chi connectivity index (χ0n) is 14.0. The molecule has 0 N–H and O–H groups in total. The molecule has 0 aromatic carbocycles. The summed E-state index contributed by atoms with van der Waals surface area (Å²) in [6, 6.07) is 0. The highest BCUT2D eigenvalue weighted by molar-refractivity contribution is 5.05. The third-order valence-corrected chi connectivity index (χ3v) is 5.90. The minimum atomic E-state index is -0.289. The van der Waals surface area contributed by atoms with Gasteiger partial charge < -0.3 is 23.7 Å². The molecule has 130 valence electrons. The average molecular weight is 324 g/mol. The van der Waals surface area contributed by atoms with Crippen molar-refractivity contribution >= 4 is 0 Å². The van der Waals surface area contributed by atoms with Gasteiger partial charge in [0, 0.05) is 19.3 Å². The van der Waals surface area contributed by atoms with E-state index in [1.54, 1.807) is 7.11 Å². The summed E-state index contributed by atoms with van der Waals surface area (Å²) in [5, 5.41) is 0. The molecule has 2 saturated carbocycles. The largest absolute Gasteiger partial charge is 0.469 e. The first kappa shape index (κ1) is 15.7. The van der Waals surface area contributed by atoms with E-state index >= 15 is 0 Å². The standard InChI is InChI=1S/C18H28O5/c1-19-17(23-16-4-2-3-7-20-16)10-13-5-6-14-11-18(12-15(13)14)21-8-9-22-18/h10,13-16H,2-9,11-12H2,1H3/t13-,14?,15?,16?/m1/s1. The highest BCUT2D eigenvalue weighted by Crippen LogP contribution is 2.54. The van der Waals surface area contributed by atoms with Crippen LogP contribution >= 0.6 is 0 Å². The Morgan fingerprint density at radius 3 is 2.65 bits per heavy atom. The van der Waals surface area contributed by atoms with E-state index in [-0.39, 0.29) is 12.1 Å². The van der Waals surface area contributed by atoms with E-state index in [2.05, 4.69) is 6.08 Å². The normalized spacial score (nSPS) is 39.6. The molecule has 1 spiro atoms. The quantitative estimate of drug-likeness (QED) is 0.743. The minimum Gasteiger partial charge on any atom is -0.469 e. The monoisotopic (exact) mass is 324 g/mol. The van der Waals surface area contributed by atoms with Crippen LogP contribution in [-0.2, 0) is 23.7 Å². The smallest absolute Gasteiger partial charge is 0.277 e. The maximum atomic E-state index is 5.92. The fourth-order valence-electron chi connectivity index (χ4n) is 4.80. The number of fused-ring (bicyclic) bond motifs is 1. The van der Waals surface area contributed by atoms with Crippen LogP contribution in [0.4, 0.5) is 0 Å². The molecule has 4 atom stereocenters. The van der Waals surface area contributed by atoms with Crippen LogP contribution in [0.25, 0.3) is 0 Å². The first-order valence-electron chi connectivity index (χ1n) is 9.10. The average Bonchev–Trinajstić information content (AvgIpc) is 3.27. The van der Waals surface area contributed by atoms with E-state index in [1.165, 1.54) is 12.8 Å². The van der Waals surface area contributed by atoms with Crippen molar-refractivity contribution in [2.24, 2.45) is 17.8 Å². The second kappa shape index (κ2) is 6.61. The molecule has 2 heterocycles. The van der Waals surface area contributed by atoms with E-state index in [0.29, 0.717) is 23.7 Å². The zero-order chi connectivity index (χ0) is 15.7. The summed E-state index contributed by atoms with van der Waals surface area (Å²) in [7, 11) is 1.68. The Balaban J connectivity index is 1.40. The second-order valence-corrected chi connectivity index (χ2v) is 7.28. The molecule has 0 aromatic heterocycles. The lowest BCUT2D eigenvalue weighted by molar-refractivity contribution is -0.165. The van der Waals surface area contributed by atoms with E-state index in [4.69, 9.17) is 23.7 Å². The lowest BCUT2D eigenvalue weighted by Gasteiger charge is -2.25. The first-order valence-corrected chi connectivity index (χ1v) is 9.10. The van der Waals surface area contributed by atoms with Crippen molar-refractivity contribution in [1.82, 2.24) is 0 Å². The summed E-state index contributed by atoms with van der Waals surface area (Å²) in [5.41, 5.74) is 0. The van der Waals surface area contributed by atoms with Crippen molar-refractivity contribution in [2.75, 3.05) is 26.9 Å². The second-order valence-electron chi connectivity index (χ2n) is 7.28. The van der Waals surface area contributed by atoms with Crippen LogP contribution in [-0.4, -0.2) is 39.0 Å². The van der Waals surface area contributed by atoms with E-state index in [9.17, 15) is 0 Å². The highest BCUT2D eigenvalue weighted by atomic mass is 16.8. The van der Waals surface area contributed by atoms with Gasteiger partial charge in [0.1, 0.15) is 0 Å². The molecule has 0 amide bonds. The van der Waals surface area contributed by atoms with Crippen LogP contribution in [0, 0.1) is 17.8 Å². The number of ether oxygens (including phenoxy) is 5. The maximum absolute atomic E-state index is 5.92. The van der Waals surface area contributed by atoms with Gasteiger partial charge in [-0.05, 0) is 49.5 Å². The Hall–Kier alpha value is -0.780. The van der Waals surface area contributed by atoms with Crippen LogP contribution in [0.5, 0.6) is 0 Å². The van der Waals surface area contributed by atoms with Crippen molar-refractivity contribution in [3.63, 3.8) is 0 Å². The summed E-state index contributed by atoms with van der Waals surface area (Å²) < 4.78 is 28.9. The molecule has 0 aromatic rings. The Bertz CT molecular complexity index is 437. The molecular formula is C18H28O5. The van der Waals surface area contributed by atoms with Gasteiger partial charge >= 0.3 is 0 Å². The summed E-state index contributed by atoms with van der Waals surface area (Å²) in [6.45, 7) is 2.27. The molecule has 4 rings (SSSR count). The molecule has 5 heteroatoms. The Kier molecular flexibility index (Phi) is 4.52. The number of methoxy groups -OCH3 is 1. The molecular weight excluding hydrogens is 296 g/mol.